The minimum atomic E-state index is -1.01. The van der Waals surface area contributed by atoms with E-state index in [1.807, 2.05) is 18.2 Å². The number of pyridine rings is 1. The van der Waals surface area contributed by atoms with E-state index in [1.165, 1.54) is 11.8 Å². The zero-order valence-corrected chi connectivity index (χ0v) is 14.6. The number of aromatic carboxylic acids is 1. The molecule has 1 aliphatic rings. The highest BCUT2D eigenvalue weighted by Crippen LogP contribution is 2.20. The summed E-state index contributed by atoms with van der Waals surface area (Å²) < 4.78 is 0. The van der Waals surface area contributed by atoms with Crippen LogP contribution in [0.5, 0.6) is 0 Å². The molecule has 132 valence electrons. The topological polar surface area (TPSA) is 68.7 Å². The molecule has 25 heavy (non-hydrogen) atoms. The second-order valence-electron chi connectivity index (χ2n) is 5.95. The van der Waals surface area contributed by atoms with E-state index in [4.69, 9.17) is 16.7 Å². The zero-order chi connectivity index (χ0) is 17.6. The van der Waals surface area contributed by atoms with Gasteiger partial charge in [0.1, 0.15) is 5.82 Å². The molecule has 2 heterocycles. The summed E-state index contributed by atoms with van der Waals surface area (Å²) in [4.78, 5) is 19.7. The standard InChI is InChI=1S/C18H21ClN4O2/c19-14-3-1-4-15(13-14)23-11-9-22(10-12-23)8-7-20-17-6-2-5-16(21-17)18(24)25/h1-6,13H,7-12H2,(H,20,21)(H,24,25). The van der Waals surface area contributed by atoms with Gasteiger partial charge < -0.3 is 15.3 Å². The Morgan fingerprint density at radius 2 is 1.92 bits per heavy atom. The van der Waals surface area contributed by atoms with Crippen LogP contribution in [-0.2, 0) is 0 Å². The summed E-state index contributed by atoms with van der Waals surface area (Å²) in [5, 5.41) is 12.9. The van der Waals surface area contributed by atoms with E-state index in [0.29, 0.717) is 5.82 Å². The minimum absolute atomic E-state index is 0.0557. The Morgan fingerprint density at radius 1 is 1.16 bits per heavy atom. The Labute approximate surface area is 152 Å². The summed E-state index contributed by atoms with van der Waals surface area (Å²) in [6.45, 7) is 5.52. The lowest BCUT2D eigenvalue weighted by atomic mass is 10.2. The average molecular weight is 361 g/mol. The van der Waals surface area contributed by atoms with E-state index in [0.717, 1.165) is 44.3 Å². The lowest BCUT2D eigenvalue weighted by molar-refractivity contribution is 0.0690. The second-order valence-corrected chi connectivity index (χ2v) is 6.38. The van der Waals surface area contributed by atoms with E-state index < -0.39 is 5.97 Å². The van der Waals surface area contributed by atoms with Crippen molar-refractivity contribution in [3.05, 3.63) is 53.2 Å². The molecule has 0 atom stereocenters. The Kier molecular flexibility index (Phi) is 5.73. The summed E-state index contributed by atoms with van der Waals surface area (Å²) in [6, 6.07) is 12.9. The molecule has 7 heteroatoms. The summed E-state index contributed by atoms with van der Waals surface area (Å²) in [5.41, 5.74) is 1.22. The molecule has 1 aromatic heterocycles. The molecule has 6 nitrogen and oxygen atoms in total. The first-order chi connectivity index (χ1) is 12.1. The number of benzene rings is 1. The number of aromatic nitrogens is 1. The number of hydrogen-bond acceptors (Lipinski definition) is 5. The third kappa shape index (κ3) is 4.84. The molecule has 0 unspecified atom stereocenters. The van der Waals surface area contributed by atoms with Crippen LogP contribution in [0.15, 0.2) is 42.5 Å². The normalized spacial score (nSPS) is 15.2. The highest BCUT2D eigenvalue weighted by molar-refractivity contribution is 6.30. The van der Waals surface area contributed by atoms with E-state index >= 15 is 0 Å². The fourth-order valence-corrected chi connectivity index (χ4v) is 3.08. The van der Waals surface area contributed by atoms with E-state index in [9.17, 15) is 4.79 Å². The van der Waals surface area contributed by atoms with Crippen LogP contribution >= 0.6 is 11.6 Å². The van der Waals surface area contributed by atoms with Crippen molar-refractivity contribution in [1.82, 2.24) is 9.88 Å². The van der Waals surface area contributed by atoms with Crippen LogP contribution in [0.4, 0.5) is 11.5 Å². The van der Waals surface area contributed by atoms with Crippen LogP contribution in [-0.4, -0.2) is 60.2 Å². The third-order valence-electron chi connectivity index (χ3n) is 4.25. The lowest BCUT2D eigenvalue weighted by Gasteiger charge is -2.36. The van der Waals surface area contributed by atoms with Gasteiger partial charge in [0.15, 0.2) is 5.69 Å². The number of carboxylic acids is 1. The first kappa shape index (κ1) is 17.5. The van der Waals surface area contributed by atoms with Crippen molar-refractivity contribution in [2.45, 2.75) is 0 Å². The Balaban J connectivity index is 1.44. The first-order valence-electron chi connectivity index (χ1n) is 8.29. The largest absolute Gasteiger partial charge is 0.477 e. The number of rotatable bonds is 6. The Bertz CT molecular complexity index is 733. The van der Waals surface area contributed by atoms with Crippen LogP contribution in [0, 0.1) is 0 Å². The number of carbonyl (C=O) groups is 1. The monoisotopic (exact) mass is 360 g/mol. The molecule has 0 saturated carbocycles. The summed E-state index contributed by atoms with van der Waals surface area (Å²) in [7, 11) is 0. The molecule has 2 N–H and O–H groups in total. The molecule has 1 saturated heterocycles. The van der Waals surface area contributed by atoms with E-state index in [2.05, 4.69) is 26.2 Å². The van der Waals surface area contributed by atoms with Gasteiger partial charge in [-0.15, -0.1) is 0 Å². The number of anilines is 2. The fraction of sp³-hybridized carbons (Fsp3) is 0.333. The molecular weight excluding hydrogens is 340 g/mol. The van der Waals surface area contributed by atoms with Gasteiger partial charge in [0.2, 0.25) is 0 Å². The van der Waals surface area contributed by atoms with Crippen molar-refractivity contribution in [2.75, 3.05) is 49.5 Å². The molecule has 0 bridgehead atoms. The van der Waals surface area contributed by atoms with E-state index in [1.54, 1.807) is 12.1 Å². The van der Waals surface area contributed by atoms with Gasteiger partial charge in [0.25, 0.3) is 0 Å². The lowest BCUT2D eigenvalue weighted by Crippen LogP contribution is -2.47. The number of carboxylic acid groups (broad SMARTS) is 1. The van der Waals surface area contributed by atoms with Gasteiger partial charge in [-0.2, -0.15) is 0 Å². The number of nitrogens with zero attached hydrogens (tertiary/aromatic N) is 3. The van der Waals surface area contributed by atoms with Crippen molar-refractivity contribution in [1.29, 1.82) is 0 Å². The van der Waals surface area contributed by atoms with Gasteiger partial charge in [-0.1, -0.05) is 23.7 Å². The molecule has 2 aromatic rings. The first-order valence-corrected chi connectivity index (χ1v) is 8.67. The molecular formula is C18H21ClN4O2. The van der Waals surface area contributed by atoms with Crippen molar-refractivity contribution in [3.8, 4) is 0 Å². The molecule has 1 aromatic carbocycles. The predicted octanol–water partition coefficient (Wildman–Crippen LogP) is 2.67. The summed E-state index contributed by atoms with van der Waals surface area (Å²) in [5.74, 6) is -0.418. The van der Waals surface area contributed by atoms with Crippen LogP contribution in [0.1, 0.15) is 10.5 Å². The van der Waals surface area contributed by atoms with Crippen LogP contribution < -0.4 is 10.2 Å². The maximum absolute atomic E-state index is 10.9. The van der Waals surface area contributed by atoms with Crippen molar-refractivity contribution >= 4 is 29.1 Å². The minimum Gasteiger partial charge on any atom is -0.477 e. The Morgan fingerprint density at radius 3 is 2.64 bits per heavy atom. The SMILES string of the molecule is O=C(O)c1cccc(NCCN2CCN(c3cccc(Cl)c3)CC2)n1. The molecule has 0 spiro atoms. The summed E-state index contributed by atoms with van der Waals surface area (Å²) in [6.07, 6.45) is 0. The van der Waals surface area contributed by atoms with Gasteiger partial charge in [0, 0.05) is 50.0 Å². The van der Waals surface area contributed by atoms with E-state index in [-0.39, 0.29) is 5.69 Å². The predicted molar refractivity (Wildman–Crippen MR) is 99.8 cm³/mol. The quantitative estimate of drug-likeness (QED) is 0.825. The van der Waals surface area contributed by atoms with Gasteiger partial charge in [-0.25, -0.2) is 9.78 Å². The number of nitrogens with one attached hydrogen (secondary N) is 1. The highest BCUT2D eigenvalue weighted by Gasteiger charge is 2.17. The van der Waals surface area contributed by atoms with Crippen LogP contribution in [0.3, 0.4) is 0 Å². The number of hydrogen-bond donors (Lipinski definition) is 2. The number of piperazine rings is 1. The molecule has 0 aliphatic carbocycles. The van der Waals surface area contributed by atoms with Gasteiger partial charge in [0.05, 0.1) is 0 Å². The van der Waals surface area contributed by atoms with Crippen molar-refractivity contribution in [3.63, 3.8) is 0 Å². The highest BCUT2D eigenvalue weighted by atomic mass is 35.5. The van der Waals surface area contributed by atoms with Crippen LogP contribution in [0.25, 0.3) is 0 Å². The molecule has 0 amide bonds. The maximum Gasteiger partial charge on any atom is 0.354 e. The summed E-state index contributed by atoms with van der Waals surface area (Å²) >= 11 is 6.06. The average Bonchev–Trinajstić information content (AvgIpc) is 2.62. The second kappa shape index (κ2) is 8.18. The van der Waals surface area contributed by atoms with Crippen LogP contribution in [0.2, 0.25) is 5.02 Å². The Hall–Kier alpha value is -2.31. The number of halogens is 1. The fourth-order valence-electron chi connectivity index (χ4n) is 2.90. The smallest absolute Gasteiger partial charge is 0.354 e. The molecule has 3 rings (SSSR count). The van der Waals surface area contributed by atoms with Crippen molar-refractivity contribution in [2.24, 2.45) is 0 Å². The van der Waals surface area contributed by atoms with Gasteiger partial charge in [-0.05, 0) is 30.3 Å². The van der Waals surface area contributed by atoms with Gasteiger partial charge in [-0.3, -0.25) is 4.90 Å². The maximum atomic E-state index is 10.9. The molecule has 0 radical (unpaired) electrons. The third-order valence-corrected chi connectivity index (χ3v) is 4.48. The molecule has 1 fully saturated rings. The van der Waals surface area contributed by atoms with Crippen molar-refractivity contribution < 1.29 is 9.90 Å². The zero-order valence-electron chi connectivity index (χ0n) is 13.9. The molecule has 1 aliphatic heterocycles. The van der Waals surface area contributed by atoms with Gasteiger partial charge >= 0.3 is 5.97 Å².